The molecule has 7 nitrogen and oxygen atoms in total. The van der Waals surface area contributed by atoms with Crippen LogP contribution in [0.25, 0.3) is 0 Å². The van der Waals surface area contributed by atoms with Crippen LogP contribution in [0.1, 0.15) is 39.5 Å². The van der Waals surface area contributed by atoms with Crippen LogP contribution in [-0.4, -0.2) is 98.6 Å². The van der Waals surface area contributed by atoms with E-state index in [1.807, 2.05) is 4.90 Å². The van der Waals surface area contributed by atoms with Crippen LogP contribution in [0.5, 0.6) is 0 Å². The summed E-state index contributed by atoms with van der Waals surface area (Å²) in [5.41, 5.74) is 0. The fourth-order valence-corrected chi connectivity index (χ4v) is 3.55. The first-order valence-corrected chi connectivity index (χ1v) is 10.5. The van der Waals surface area contributed by atoms with Gasteiger partial charge in [0.2, 0.25) is 5.91 Å². The lowest BCUT2D eigenvalue weighted by atomic mass is 10.2. The highest BCUT2D eigenvalue weighted by atomic mass is 127. The minimum Gasteiger partial charge on any atom is -0.357 e. The number of hydrogen-bond acceptors (Lipinski definition) is 4. The third kappa shape index (κ3) is 9.43. The van der Waals surface area contributed by atoms with E-state index in [2.05, 4.69) is 39.3 Å². The van der Waals surface area contributed by atoms with Crippen molar-refractivity contribution in [3.05, 3.63) is 0 Å². The number of likely N-dealkylation sites (N-methyl/N-ethyl adjacent to an activating group) is 1. The molecule has 2 saturated heterocycles. The summed E-state index contributed by atoms with van der Waals surface area (Å²) in [6, 6.07) is 0. The molecule has 1 amide bonds. The van der Waals surface area contributed by atoms with E-state index in [9.17, 15) is 4.79 Å². The molecule has 0 unspecified atom stereocenters. The lowest BCUT2D eigenvalue weighted by Crippen LogP contribution is -2.46. The van der Waals surface area contributed by atoms with E-state index in [-0.39, 0.29) is 36.4 Å². The molecule has 2 aliphatic heterocycles. The van der Waals surface area contributed by atoms with Crippen LogP contribution in [0.4, 0.5) is 0 Å². The smallest absolute Gasteiger partial charge is 0.244 e. The van der Waals surface area contributed by atoms with Crippen molar-refractivity contribution < 1.29 is 4.79 Å². The van der Waals surface area contributed by atoms with Gasteiger partial charge in [0.15, 0.2) is 5.96 Å². The topological polar surface area (TPSA) is 63.2 Å². The number of halogens is 1. The van der Waals surface area contributed by atoms with Crippen LogP contribution in [0.3, 0.4) is 0 Å². The van der Waals surface area contributed by atoms with Crippen molar-refractivity contribution in [1.82, 2.24) is 25.3 Å². The Morgan fingerprint density at radius 3 is 2.22 bits per heavy atom. The number of unbranched alkanes of at least 4 members (excludes halogenated alkanes) is 1. The van der Waals surface area contributed by atoms with Crippen molar-refractivity contribution in [2.45, 2.75) is 39.5 Å². The number of nitrogens with zero attached hydrogens (tertiary/aromatic N) is 4. The van der Waals surface area contributed by atoms with E-state index < -0.39 is 0 Å². The minimum absolute atomic E-state index is 0. The van der Waals surface area contributed by atoms with Gasteiger partial charge in [0.05, 0.1) is 0 Å². The second-order valence-electron chi connectivity index (χ2n) is 7.19. The second kappa shape index (κ2) is 14.4. The van der Waals surface area contributed by atoms with Gasteiger partial charge in [-0.1, -0.05) is 6.92 Å². The fourth-order valence-electron chi connectivity index (χ4n) is 3.55. The molecule has 0 aromatic rings. The molecule has 2 rings (SSSR count). The quantitative estimate of drug-likeness (QED) is 0.218. The molecule has 0 aliphatic carbocycles. The Labute approximate surface area is 182 Å². The molecule has 2 fully saturated rings. The van der Waals surface area contributed by atoms with Crippen molar-refractivity contribution in [1.29, 1.82) is 0 Å². The minimum atomic E-state index is 0. The van der Waals surface area contributed by atoms with Crippen molar-refractivity contribution in [3.63, 3.8) is 0 Å². The summed E-state index contributed by atoms with van der Waals surface area (Å²) in [5.74, 6) is 0.905. The summed E-state index contributed by atoms with van der Waals surface area (Å²) in [6.45, 7) is 15.2. The number of hydrogen-bond donors (Lipinski definition) is 2. The Kier molecular flexibility index (Phi) is 13.0. The highest BCUT2D eigenvalue weighted by Gasteiger charge is 2.17. The van der Waals surface area contributed by atoms with Gasteiger partial charge in [-0.2, -0.15) is 0 Å². The molecule has 0 aromatic heterocycles. The summed E-state index contributed by atoms with van der Waals surface area (Å²) in [6.07, 6.45) is 4.58. The van der Waals surface area contributed by atoms with E-state index in [0.29, 0.717) is 0 Å². The van der Waals surface area contributed by atoms with Crippen molar-refractivity contribution in [2.24, 2.45) is 4.99 Å². The fraction of sp³-hybridized carbons (Fsp3) is 0.895. The molecular formula is C19H39IN6O. The Balaban J connectivity index is 0.00000364. The van der Waals surface area contributed by atoms with Crippen LogP contribution in [-0.2, 0) is 4.79 Å². The Bertz CT molecular complexity index is 434. The number of guanidine groups is 1. The number of piperazine rings is 1. The molecule has 0 saturated carbocycles. The van der Waals surface area contributed by atoms with E-state index in [4.69, 9.17) is 0 Å². The predicted octanol–water partition coefficient (Wildman–Crippen LogP) is 1.20. The molecule has 2 aliphatic rings. The van der Waals surface area contributed by atoms with Gasteiger partial charge in [-0.3, -0.25) is 4.79 Å². The summed E-state index contributed by atoms with van der Waals surface area (Å²) in [4.78, 5) is 23.6. The van der Waals surface area contributed by atoms with Crippen molar-refractivity contribution in [2.75, 3.05) is 72.0 Å². The van der Waals surface area contributed by atoms with Gasteiger partial charge in [-0.25, -0.2) is 4.99 Å². The number of carbonyl (C=O) groups excluding carboxylic acids is 1. The molecular weight excluding hydrogens is 455 g/mol. The first-order valence-electron chi connectivity index (χ1n) is 10.5. The summed E-state index contributed by atoms with van der Waals surface area (Å²) < 4.78 is 0. The average Bonchev–Trinajstić information content (AvgIpc) is 3.21. The standard InChI is InChI=1S/C19H38N6O.HI/c1-3-20-19(22-17-18(26)25-11-7-8-12-25)21-9-5-6-10-24-15-13-23(4-2)14-16-24;/h3-17H2,1-2H3,(H2,20,21,22);1H. The van der Waals surface area contributed by atoms with Gasteiger partial charge in [0.1, 0.15) is 6.54 Å². The Hall–Kier alpha value is -0.610. The van der Waals surface area contributed by atoms with Crippen LogP contribution >= 0.6 is 24.0 Å². The van der Waals surface area contributed by atoms with Crippen molar-refractivity contribution >= 4 is 35.8 Å². The van der Waals surface area contributed by atoms with Crippen molar-refractivity contribution in [3.8, 4) is 0 Å². The summed E-state index contributed by atoms with van der Waals surface area (Å²) >= 11 is 0. The molecule has 2 N–H and O–H groups in total. The van der Waals surface area contributed by atoms with Crippen LogP contribution in [0.15, 0.2) is 4.99 Å². The van der Waals surface area contributed by atoms with Crippen LogP contribution in [0, 0.1) is 0 Å². The highest BCUT2D eigenvalue weighted by molar-refractivity contribution is 14.0. The lowest BCUT2D eigenvalue weighted by Gasteiger charge is -2.34. The van der Waals surface area contributed by atoms with E-state index in [0.717, 1.165) is 51.4 Å². The first-order chi connectivity index (χ1) is 12.7. The number of rotatable bonds is 9. The van der Waals surface area contributed by atoms with Crippen LogP contribution in [0.2, 0.25) is 0 Å². The van der Waals surface area contributed by atoms with Crippen LogP contribution < -0.4 is 10.6 Å². The molecule has 0 spiro atoms. The normalized spacial score (nSPS) is 19.0. The molecule has 27 heavy (non-hydrogen) atoms. The largest absolute Gasteiger partial charge is 0.357 e. The van der Waals surface area contributed by atoms with Gasteiger partial charge < -0.3 is 25.3 Å². The van der Waals surface area contributed by atoms with Gasteiger partial charge in [0, 0.05) is 52.4 Å². The zero-order valence-corrected chi connectivity index (χ0v) is 19.5. The zero-order chi connectivity index (χ0) is 18.6. The van der Waals surface area contributed by atoms with Gasteiger partial charge in [-0.05, 0) is 45.7 Å². The number of nitrogens with one attached hydrogen (secondary N) is 2. The number of amides is 1. The summed E-state index contributed by atoms with van der Waals surface area (Å²) in [5, 5.41) is 6.59. The third-order valence-electron chi connectivity index (χ3n) is 5.28. The lowest BCUT2D eigenvalue weighted by molar-refractivity contribution is -0.128. The highest BCUT2D eigenvalue weighted by Crippen LogP contribution is 2.07. The third-order valence-corrected chi connectivity index (χ3v) is 5.28. The monoisotopic (exact) mass is 494 g/mol. The average molecular weight is 494 g/mol. The molecule has 0 bridgehead atoms. The Morgan fingerprint density at radius 1 is 0.926 bits per heavy atom. The molecule has 0 aromatic carbocycles. The zero-order valence-electron chi connectivity index (χ0n) is 17.2. The SMILES string of the molecule is CCNC(=NCC(=O)N1CCCC1)NCCCCN1CCN(CC)CC1.I. The maximum atomic E-state index is 12.1. The molecule has 0 radical (unpaired) electrons. The number of aliphatic imine (C=N–C) groups is 1. The molecule has 0 atom stereocenters. The maximum Gasteiger partial charge on any atom is 0.244 e. The van der Waals surface area contributed by atoms with Gasteiger partial charge in [-0.15, -0.1) is 24.0 Å². The number of likely N-dealkylation sites (tertiary alicyclic amines) is 1. The summed E-state index contributed by atoms with van der Waals surface area (Å²) in [7, 11) is 0. The molecule has 8 heteroatoms. The van der Waals surface area contributed by atoms with E-state index >= 15 is 0 Å². The molecule has 158 valence electrons. The predicted molar refractivity (Wildman–Crippen MR) is 123 cm³/mol. The Morgan fingerprint density at radius 2 is 1.59 bits per heavy atom. The van der Waals surface area contributed by atoms with Gasteiger partial charge >= 0.3 is 0 Å². The maximum absolute atomic E-state index is 12.1. The second-order valence-corrected chi connectivity index (χ2v) is 7.19. The van der Waals surface area contributed by atoms with E-state index in [1.165, 1.54) is 45.7 Å². The van der Waals surface area contributed by atoms with Gasteiger partial charge in [0.25, 0.3) is 0 Å². The molecule has 2 heterocycles. The first kappa shape index (κ1) is 24.4. The number of carbonyl (C=O) groups is 1. The van der Waals surface area contributed by atoms with E-state index in [1.54, 1.807) is 0 Å².